The first-order chi connectivity index (χ1) is 14.6. The SMILES string of the molecule is Cc1c(Cl)c(C(F)(F)F)nn1CCCNC(=S)Nc1ccn(Cc2ccc(Cl)cc2)n1. The predicted octanol–water partition coefficient (Wildman–Crippen LogP) is 5.14. The molecule has 3 rings (SSSR count). The molecule has 0 fully saturated rings. The maximum atomic E-state index is 12.9. The Hall–Kier alpha value is -2.30. The van der Waals surface area contributed by atoms with Gasteiger partial charge in [0.05, 0.1) is 17.3 Å². The average molecular weight is 491 g/mol. The zero-order chi connectivity index (χ0) is 22.6. The highest BCUT2D eigenvalue weighted by Crippen LogP contribution is 2.35. The summed E-state index contributed by atoms with van der Waals surface area (Å²) in [6, 6.07) is 9.28. The molecule has 1 aromatic carbocycles. The second kappa shape index (κ2) is 9.88. The fourth-order valence-electron chi connectivity index (χ4n) is 2.81. The van der Waals surface area contributed by atoms with E-state index in [0.717, 1.165) is 5.56 Å². The highest BCUT2D eigenvalue weighted by atomic mass is 35.5. The van der Waals surface area contributed by atoms with E-state index in [-0.39, 0.29) is 17.3 Å². The maximum absolute atomic E-state index is 12.9. The summed E-state index contributed by atoms with van der Waals surface area (Å²) in [4.78, 5) is 0. The van der Waals surface area contributed by atoms with E-state index in [1.54, 1.807) is 10.7 Å². The number of halogens is 5. The van der Waals surface area contributed by atoms with Gasteiger partial charge in [0.1, 0.15) is 0 Å². The average Bonchev–Trinajstić information content (AvgIpc) is 3.25. The van der Waals surface area contributed by atoms with Gasteiger partial charge in [-0.3, -0.25) is 9.36 Å². The van der Waals surface area contributed by atoms with Crippen LogP contribution in [0.1, 0.15) is 23.4 Å². The molecule has 2 heterocycles. The number of hydrogen-bond donors (Lipinski definition) is 2. The van der Waals surface area contributed by atoms with Gasteiger partial charge in [0.2, 0.25) is 0 Å². The Kier molecular flexibility index (Phi) is 7.45. The van der Waals surface area contributed by atoms with E-state index in [0.29, 0.717) is 35.5 Å². The van der Waals surface area contributed by atoms with Crippen LogP contribution in [0.4, 0.5) is 19.0 Å². The number of hydrogen-bond acceptors (Lipinski definition) is 3. The number of anilines is 1. The summed E-state index contributed by atoms with van der Waals surface area (Å²) in [7, 11) is 0. The molecule has 6 nitrogen and oxygen atoms in total. The summed E-state index contributed by atoms with van der Waals surface area (Å²) in [5, 5.41) is 14.6. The van der Waals surface area contributed by atoms with E-state index in [4.69, 9.17) is 35.4 Å². The summed E-state index contributed by atoms with van der Waals surface area (Å²) in [5.41, 5.74) is 0.273. The zero-order valence-electron chi connectivity index (χ0n) is 16.4. The maximum Gasteiger partial charge on any atom is 0.436 e. The molecule has 2 aromatic heterocycles. The van der Waals surface area contributed by atoms with E-state index in [1.165, 1.54) is 11.6 Å². The van der Waals surface area contributed by atoms with Gasteiger partial charge in [0, 0.05) is 30.4 Å². The van der Waals surface area contributed by atoms with Crippen LogP contribution in [0, 0.1) is 6.92 Å². The number of nitrogens with zero attached hydrogens (tertiary/aromatic N) is 4. The molecule has 0 saturated carbocycles. The van der Waals surface area contributed by atoms with Crippen molar-refractivity contribution in [2.24, 2.45) is 0 Å². The van der Waals surface area contributed by atoms with Crippen molar-refractivity contribution in [2.75, 3.05) is 11.9 Å². The molecular formula is C19H19Cl2F3N6S. The minimum atomic E-state index is -4.58. The molecule has 0 radical (unpaired) electrons. The monoisotopic (exact) mass is 490 g/mol. The molecule has 0 aliphatic rings. The minimum Gasteiger partial charge on any atom is -0.362 e. The fraction of sp³-hybridized carbons (Fsp3) is 0.316. The minimum absolute atomic E-state index is 0.271. The quantitative estimate of drug-likeness (QED) is 0.354. The first-order valence-electron chi connectivity index (χ1n) is 9.26. The predicted molar refractivity (Wildman–Crippen MR) is 119 cm³/mol. The lowest BCUT2D eigenvalue weighted by Gasteiger charge is -2.09. The first-order valence-corrected chi connectivity index (χ1v) is 10.4. The third-order valence-corrected chi connectivity index (χ3v) is 5.33. The fourth-order valence-corrected chi connectivity index (χ4v) is 3.38. The van der Waals surface area contributed by atoms with E-state index < -0.39 is 11.9 Å². The molecule has 0 aliphatic carbocycles. The van der Waals surface area contributed by atoms with Crippen molar-refractivity contribution in [3.05, 3.63) is 63.5 Å². The molecule has 0 amide bonds. The Balaban J connectivity index is 1.44. The van der Waals surface area contributed by atoms with Gasteiger partial charge in [-0.1, -0.05) is 35.3 Å². The lowest BCUT2D eigenvalue weighted by atomic mass is 10.2. The number of aryl methyl sites for hydroxylation is 1. The second-order valence-corrected chi connectivity index (χ2v) is 7.95. The van der Waals surface area contributed by atoms with Crippen LogP contribution in [0.3, 0.4) is 0 Å². The molecule has 12 heteroatoms. The van der Waals surface area contributed by atoms with Gasteiger partial charge in [-0.15, -0.1) is 0 Å². The van der Waals surface area contributed by atoms with Crippen molar-refractivity contribution in [1.82, 2.24) is 24.9 Å². The summed E-state index contributed by atoms with van der Waals surface area (Å²) in [5.74, 6) is 0.580. The normalized spacial score (nSPS) is 11.5. The van der Waals surface area contributed by atoms with Crippen molar-refractivity contribution in [3.63, 3.8) is 0 Å². The second-order valence-electron chi connectivity index (χ2n) is 6.73. The van der Waals surface area contributed by atoms with Gasteiger partial charge >= 0.3 is 6.18 Å². The molecule has 0 bridgehead atoms. The van der Waals surface area contributed by atoms with E-state index in [1.807, 2.05) is 30.5 Å². The number of nitrogens with one attached hydrogen (secondary N) is 2. The van der Waals surface area contributed by atoms with Crippen LogP contribution in [0.15, 0.2) is 36.5 Å². The van der Waals surface area contributed by atoms with Crippen LogP contribution in [-0.2, 0) is 19.3 Å². The van der Waals surface area contributed by atoms with Gasteiger partial charge in [-0.25, -0.2) is 0 Å². The third kappa shape index (κ3) is 6.34. The van der Waals surface area contributed by atoms with Gasteiger partial charge in [0.15, 0.2) is 16.6 Å². The Morgan fingerprint density at radius 2 is 1.84 bits per heavy atom. The van der Waals surface area contributed by atoms with Crippen LogP contribution in [0.2, 0.25) is 10.0 Å². The Labute approximate surface area is 192 Å². The van der Waals surface area contributed by atoms with Crippen molar-refractivity contribution < 1.29 is 13.2 Å². The van der Waals surface area contributed by atoms with Crippen LogP contribution in [0.5, 0.6) is 0 Å². The molecule has 31 heavy (non-hydrogen) atoms. The standard InChI is InChI=1S/C19H19Cl2F3N6S/c1-12-16(21)17(19(22,23)24)28-30(12)9-2-8-25-18(31)26-15-7-10-29(27-15)11-13-3-5-14(20)6-4-13/h3-7,10H,2,8-9,11H2,1H3,(H2,25,26,27,31). The van der Waals surface area contributed by atoms with Crippen molar-refractivity contribution >= 4 is 46.4 Å². The molecule has 0 spiro atoms. The van der Waals surface area contributed by atoms with Crippen molar-refractivity contribution in [3.8, 4) is 0 Å². The van der Waals surface area contributed by atoms with Gasteiger partial charge in [-0.2, -0.15) is 23.4 Å². The first kappa shape index (κ1) is 23.4. The number of aromatic nitrogens is 4. The van der Waals surface area contributed by atoms with Gasteiger partial charge in [0.25, 0.3) is 0 Å². The Morgan fingerprint density at radius 1 is 1.13 bits per heavy atom. The molecule has 3 aromatic rings. The van der Waals surface area contributed by atoms with Crippen molar-refractivity contribution in [1.29, 1.82) is 0 Å². The molecule has 166 valence electrons. The van der Waals surface area contributed by atoms with Crippen LogP contribution in [0.25, 0.3) is 0 Å². The summed E-state index contributed by atoms with van der Waals surface area (Å²) < 4.78 is 41.6. The topological polar surface area (TPSA) is 59.7 Å². The number of thiocarbonyl (C=S) groups is 1. The van der Waals surface area contributed by atoms with Crippen molar-refractivity contribution in [2.45, 2.75) is 32.6 Å². The van der Waals surface area contributed by atoms with Crippen LogP contribution < -0.4 is 10.6 Å². The molecule has 0 unspecified atom stereocenters. The Morgan fingerprint density at radius 3 is 2.48 bits per heavy atom. The van der Waals surface area contributed by atoms with Gasteiger partial charge < -0.3 is 10.6 Å². The highest BCUT2D eigenvalue weighted by molar-refractivity contribution is 7.80. The van der Waals surface area contributed by atoms with E-state index in [9.17, 15) is 13.2 Å². The highest BCUT2D eigenvalue weighted by Gasteiger charge is 2.38. The number of alkyl halides is 3. The number of benzene rings is 1. The Bertz CT molecular complexity index is 1050. The summed E-state index contributed by atoms with van der Waals surface area (Å²) in [6.45, 7) is 2.80. The van der Waals surface area contributed by atoms with E-state index >= 15 is 0 Å². The lowest BCUT2D eigenvalue weighted by Crippen LogP contribution is -2.30. The van der Waals surface area contributed by atoms with Crippen LogP contribution >= 0.6 is 35.4 Å². The largest absolute Gasteiger partial charge is 0.436 e. The number of rotatable bonds is 7. The molecule has 0 saturated heterocycles. The van der Waals surface area contributed by atoms with E-state index in [2.05, 4.69) is 20.8 Å². The van der Waals surface area contributed by atoms with Crippen LogP contribution in [-0.4, -0.2) is 31.2 Å². The molecule has 0 atom stereocenters. The van der Waals surface area contributed by atoms with Gasteiger partial charge in [-0.05, 0) is 43.3 Å². The summed E-state index contributed by atoms with van der Waals surface area (Å²) >= 11 is 16.9. The third-order valence-electron chi connectivity index (χ3n) is 4.37. The summed E-state index contributed by atoms with van der Waals surface area (Å²) in [6.07, 6.45) is -2.25. The molecule has 2 N–H and O–H groups in total. The lowest BCUT2D eigenvalue weighted by molar-refractivity contribution is -0.141. The zero-order valence-corrected chi connectivity index (χ0v) is 18.7. The molecule has 0 aliphatic heterocycles. The molecular weight excluding hydrogens is 472 g/mol. The smallest absolute Gasteiger partial charge is 0.362 e.